The van der Waals surface area contributed by atoms with Gasteiger partial charge in [0.05, 0.1) is 43.6 Å². The Balaban J connectivity index is 1.31. The van der Waals surface area contributed by atoms with Gasteiger partial charge in [0.25, 0.3) is 5.91 Å². The van der Waals surface area contributed by atoms with Gasteiger partial charge in [-0.3, -0.25) is 4.79 Å². The van der Waals surface area contributed by atoms with Crippen molar-refractivity contribution in [1.29, 1.82) is 0 Å². The molecule has 0 radical (unpaired) electrons. The van der Waals surface area contributed by atoms with Gasteiger partial charge in [0.2, 0.25) is 0 Å². The third-order valence-electron chi connectivity index (χ3n) is 10.0. The Morgan fingerprint density at radius 1 is 0.820 bits per heavy atom. The smallest absolute Gasteiger partial charge is 0.254 e. The molecule has 290 valence electrons. The van der Waals surface area contributed by atoms with Crippen LogP contribution in [0.2, 0.25) is 0 Å². The lowest BCUT2D eigenvalue weighted by atomic mass is 9.85. The van der Waals surface area contributed by atoms with E-state index >= 15 is 0 Å². The number of ether oxygens (including phenoxy) is 6. The summed E-state index contributed by atoms with van der Waals surface area (Å²) in [6, 6.07) is -3.39. The maximum Gasteiger partial charge on any atom is 0.254 e. The lowest BCUT2D eigenvalue weighted by Gasteiger charge is -2.46. The summed E-state index contributed by atoms with van der Waals surface area (Å²) in [5, 5.41) is 81.0. The van der Waals surface area contributed by atoms with Crippen molar-refractivity contribution >= 4 is 5.91 Å². The van der Waals surface area contributed by atoms with Crippen LogP contribution in [0.1, 0.15) is 19.3 Å². The number of carbonyl (C=O) groups excluding carboxylic acids is 1. The molecule has 1 aliphatic carbocycles. The maximum atomic E-state index is 12.9. The third kappa shape index (κ3) is 8.73. The molecule has 50 heavy (non-hydrogen) atoms. The van der Waals surface area contributed by atoms with E-state index in [2.05, 4.69) is 16.0 Å². The van der Waals surface area contributed by atoms with E-state index in [1.807, 2.05) is 0 Å². The number of nitrogens with two attached hydrogens (primary N) is 4. The topological polar surface area (TPSA) is 354 Å². The van der Waals surface area contributed by atoms with Crippen LogP contribution in [0, 0.1) is 0 Å². The van der Waals surface area contributed by atoms with Crippen LogP contribution in [0.25, 0.3) is 0 Å². The molecule has 18 N–H and O–H groups in total. The molecule has 5 fully saturated rings. The molecule has 5 aliphatic rings. The zero-order valence-electron chi connectivity index (χ0n) is 27.7. The largest absolute Gasteiger partial charge is 0.395 e. The standard InChI is InChI=1S/C29H55N7O14/c30-6-16-20(40)21(41)19(33)26(46-16)50-24-18(8-38)48-27(22(24)42)45-15-4-11(36-28(43)29(44)9-35-10-29)3-12(31)23(15)49-25-13(32)5-14(39)17(47-25)7-34-1-2-37/h11-27,34-35,37-42,44H,1-10,30-33H2,(H,36,43). The minimum Gasteiger partial charge on any atom is -0.395 e. The molecule has 21 heteroatoms. The van der Waals surface area contributed by atoms with Crippen LogP contribution < -0.4 is 38.9 Å². The first kappa shape index (κ1) is 39.9. The van der Waals surface area contributed by atoms with Crippen LogP contribution >= 0.6 is 0 Å². The quantitative estimate of drug-likeness (QED) is 0.0739. The van der Waals surface area contributed by atoms with Crippen molar-refractivity contribution < 1.29 is 69.0 Å². The molecule has 1 saturated carbocycles. The molecule has 4 heterocycles. The molecule has 5 rings (SSSR count). The normalized spacial score (nSPS) is 46.3. The number of aliphatic hydroxyl groups excluding tert-OH is 6. The summed E-state index contributed by atoms with van der Waals surface area (Å²) >= 11 is 0. The second kappa shape index (κ2) is 17.2. The molecule has 0 aromatic heterocycles. The van der Waals surface area contributed by atoms with Crippen molar-refractivity contribution in [2.45, 2.75) is 129 Å². The summed E-state index contributed by atoms with van der Waals surface area (Å²) in [5.41, 5.74) is 23.1. The van der Waals surface area contributed by atoms with Crippen molar-refractivity contribution in [3.8, 4) is 0 Å². The zero-order chi connectivity index (χ0) is 36.3. The average Bonchev–Trinajstić information content (AvgIpc) is 3.36. The molecule has 4 saturated heterocycles. The molecule has 0 aromatic carbocycles. The second-order valence-corrected chi connectivity index (χ2v) is 13.8. The first-order valence-electron chi connectivity index (χ1n) is 17.1. The van der Waals surface area contributed by atoms with Crippen LogP contribution in [0.4, 0.5) is 0 Å². The van der Waals surface area contributed by atoms with Crippen LogP contribution in [0.15, 0.2) is 0 Å². The van der Waals surface area contributed by atoms with Gasteiger partial charge in [-0.15, -0.1) is 0 Å². The predicted octanol–water partition coefficient (Wildman–Crippen LogP) is -8.72. The van der Waals surface area contributed by atoms with E-state index in [0.29, 0.717) is 0 Å². The Morgan fingerprint density at radius 2 is 1.50 bits per heavy atom. The molecule has 0 spiro atoms. The van der Waals surface area contributed by atoms with E-state index in [0.717, 1.165) is 0 Å². The highest BCUT2D eigenvalue weighted by atomic mass is 16.8. The summed E-state index contributed by atoms with van der Waals surface area (Å²) in [5.74, 6) is -0.589. The summed E-state index contributed by atoms with van der Waals surface area (Å²) < 4.78 is 36.1. The number of rotatable bonds is 14. The Morgan fingerprint density at radius 3 is 2.14 bits per heavy atom. The van der Waals surface area contributed by atoms with Crippen LogP contribution in [0.5, 0.6) is 0 Å². The van der Waals surface area contributed by atoms with Gasteiger partial charge in [0.15, 0.2) is 24.5 Å². The fourth-order valence-electron chi connectivity index (χ4n) is 6.96. The third-order valence-corrected chi connectivity index (χ3v) is 10.0. The van der Waals surface area contributed by atoms with Crippen molar-refractivity contribution in [1.82, 2.24) is 16.0 Å². The Labute approximate surface area is 288 Å². The highest BCUT2D eigenvalue weighted by Crippen LogP contribution is 2.34. The molecule has 0 bridgehead atoms. The van der Waals surface area contributed by atoms with Crippen molar-refractivity contribution in [2.24, 2.45) is 22.9 Å². The fourth-order valence-corrected chi connectivity index (χ4v) is 6.96. The predicted molar refractivity (Wildman–Crippen MR) is 168 cm³/mol. The van der Waals surface area contributed by atoms with Gasteiger partial charge in [-0.05, 0) is 19.3 Å². The maximum absolute atomic E-state index is 12.9. The second-order valence-electron chi connectivity index (χ2n) is 13.8. The number of carbonyl (C=O) groups is 1. The number of hydrogen-bond donors (Lipinski definition) is 14. The van der Waals surface area contributed by atoms with Gasteiger partial charge >= 0.3 is 0 Å². The minimum absolute atomic E-state index is 0.0838. The van der Waals surface area contributed by atoms with Crippen LogP contribution in [0.3, 0.4) is 0 Å². The monoisotopic (exact) mass is 725 g/mol. The summed E-state index contributed by atoms with van der Waals surface area (Å²) in [6.07, 6.45) is -14.8. The molecular weight excluding hydrogens is 670 g/mol. The van der Waals surface area contributed by atoms with E-state index < -0.39 is 122 Å². The molecule has 21 nitrogen and oxygen atoms in total. The van der Waals surface area contributed by atoms with Gasteiger partial charge < -0.3 is 103 Å². The summed E-state index contributed by atoms with van der Waals surface area (Å²) in [4.78, 5) is 12.9. The molecule has 17 atom stereocenters. The molecule has 4 aliphatic heterocycles. The lowest BCUT2D eigenvalue weighted by molar-refractivity contribution is -0.285. The number of amides is 1. The Bertz CT molecular complexity index is 1100. The van der Waals surface area contributed by atoms with Gasteiger partial charge in [-0.1, -0.05) is 0 Å². The highest BCUT2D eigenvalue weighted by Gasteiger charge is 2.53. The fraction of sp³-hybridized carbons (Fsp3) is 0.966. The van der Waals surface area contributed by atoms with E-state index in [-0.39, 0.29) is 58.6 Å². The van der Waals surface area contributed by atoms with E-state index in [1.54, 1.807) is 0 Å². The van der Waals surface area contributed by atoms with Gasteiger partial charge in [0, 0.05) is 44.8 Å². The van der Waals surface area contributed by atoms with Crippen LogP contribution in [-0.2, 0) is 33.2 Å². The highest BCUT2D eigenvalue weighted by molar-refractivity contribution is 5.86. The van der Waals surface area contributed by atoms with Gasteiger partial charge in [-0.2, -0.15) is 0 Å². The first-order valence-corrected chi connectivity index (χ1v) is 17.1. The van der Waals surface area contributed by atoms with Crippen LogP contribution in [-0.4, -0.2) is 197 Å². The SMILES string of the molecule is NCC1OC(OC2C(CO)OC(OC3CC(NC(=O)C4(O)CNC4)CC(N)C3OC3OC(CNCCO)C(O)CC3N)C2O)C(N)C(O)C1O. The van der Waals surface area contributed by atoms with E-state index in [1.165, 1.54) is 0 Å². The number of β-amino-alcohol motifs (C(OH)–C–C–N with tert-alkyl or cyclic N) is 1. The first-order chi connectivity index (χ1) is 23.8. The molecule has 17 unspecified atom stereocenters. The Kier molecular flexibility index (Phi) is 13.8. The zero-order valence-corrected chi connectivity index (χ0v) is 27.7. The van der Waals surface area contributed by atoms with Crippen molar-refractivity contribution in [3.05, 3.63) is 0 Å². The average molecular weight is 726 g/mol. The molecule has 1 amide bonds. The summed E-state index contributed by atoms with van der Waals surface area (Å²) in [6.45, 7) is -0.230. The number of hydrogen-bond acceptors (Lipinski definition) is 20. The van der Waals surface area contributed by atoms with Gasteiger partial charge in [-0.25, -0.2) is 0 Å². The Hall–Kier alpha value is -1.29. The van der Waals surface area contributed by atoms with E-state index in [4.69, 9.17) is 56.5 Å². The minimum atomic E-state index is -1.57. The van der Waals surface area contributed by atoms with Gasteiger partial charge in [0.1, 0.15) is 42.7 Å². The molecular formula is C29H55N7O14. The molecule has 0 aromatic rings. The lowest BCUT2D eigenvalue weighted by Crippen LogP contribution is -2.69. The van der Waals surface area contributed by atoms with E-state index in [9.17, 15) is 35.4 Å². The number of aliphatic hydroxyl groups is 7. The summed E-state index contributed by atoms with van der Waals surface area (Å²) in [7, 11) is 0. The van der Waals surface area contributed by atoms with Crippen molar-refractivity contribution in [2.75, 3.05) is 45.9 Å². The van der Waals surface area contributed by atoms with Crippen molar-refractivity contribution in [3.63, 3.8) is 0 Å². The number of nitrogens with one attached hydrogen (secondary N) is 3.